The average Bonchev–Trinajstić information content (AvgIpc) is 2.97. The van der Waals surface area contributed by atoms with Gasteiger partial charge in [0.25, 0.3) is 5.91 Å². The van der Waals surface area contributed by atoms with Crippen molar-refractivity contribution in [2.45, 2.75) is 18.9 Å². The van der Waals surface area contributed by atoms with Crippen LogP contribution < -0.4 is 0 Å². The van der Waals surface area contributed by atoms with Gasteiger partial charge in [-0.25, -0.2) is 9.07 Å². The van der Waals surface area contributed by atoms with Crippen LogP contribution in [0.1, 0.15) is 23.3 Å². The number of hydrogen-bond donors (Lipinski definition) is 1. The first-order chi connectivity index (χ1) is 11.0. The minimum atomic E-state index is -0.616. The number of hydrogen-bond acceptors (Lipinski definition) is 4. The Morgan fingerprint density at radius 1 is 1.52 bits per heavy atom. The maximum Gasteiger partial charge on any atom is 0.275 e. The molecule has 8 heteroatoms. The molecule has 1 aromatic heterocycles. The molecule has 122 valence electrons. The molecule has 1 aromatic carbocycles. The molecule has 0 bridgehead atoms. The SMILES string of the molecule is CN(CC1CC(O)C1)C(=O)c1cn(-c2cccc(Cl)c2F)nn1. The second-order valence-corrected chi connectivity index (χ2v) is 6.21. The molecule has 0 radical (unpaired) electrons. The van der Waals surface area contributed by atoms with E-state index in [1.54, 1.807) is 18.0 Å². The Balaban J connectivity index is 1.73. The van der Waals surface area contributed by atoms with Crippen molar-refractivity contribution in [2.75, 3.05) is 13.6 Å². The Bertz CT molecular complexity index is 730. The summed E-state index contributed by atoms with van der Waals surface area (Å²) in [5, 5.41) is 16.9. The van der Waals surface area contributed by atoms with Crippen molar-refractivity contribution in [2.24, 2.45) is 5.92 Å². The first-order valence-corrected chi connectivity index (χ1v) is 7.63. The summed E-state index contributed by atoms with van der Waals surface area (Å²) in [4.78, 5) is 13.9. The first-order valence-electron chi connectivity index (χ1n) is 7.26. The van der Waals surface area contributed by atoms with Gasteiger partial charge in [-0.3, -0.25) is 4.79 Å². The summed E-state index contributed by atoms with van der Waals surface area (Å²) in [6.07, 6.45) is 2.54. The van der Waals surface area contributed by atoms with Gasteiger partial charge in [-0.2, -0.15) is 0 Å². The summed E-state index contributed by atoms with van der Waals surface area (Å²) in [5.74, 6) is -0.602. The number of benzene rings is 1. The topological polar surface area (TPSA) is 71.2 Å². The van der Waals surface area contributed by atoms with Gasteiger partial charge >= 0.3 is 0 Å². The lowest BCUT2D eigenvalue weighted by Gasteiger charge is -2.34. The number of rotatable bonds is 4. The third kappa shape index (κ3) is 3.20. The van der Waals surface area contributed by atoms with E-state index in [1.165, 1.54) is 23.0 Å². The highest BCUT2D eigenvalue weighted by Crippen LogP contribution is 2.28. The molecule has 6 nitrogen and oxygen atoms in total. The standard InChI is InChI=1S/C15H16ClFN4O2/c1-20(7-9-5-10(22)6-9)15(23)12-8-21(19-18-12)13-4-2-3-11(16)14(13)17/h2-4,8-10,22H,5-7H2,1H3. The summed E-state index contributed by atoms with van der Waals surface area (Å²) < 4.78 is 15.2. The van der Waals surface area contributed by atoms with E-state index in [2.05, 4.69) is 10.3 Å². The third-order valence-corrected chi connectivity index (χ3v) is 4.27. The van der Waals surface area contributed by atoms with E-state index in [4.69, 9.17) is 11.6 Å². The first kappa shape index (κ1) is 15.9. The number of aromatic nitrogens is 3. The summed E-state index contributed by atoms with van der Waals surface area (Å²) in [5.41, 5.74) is 0.264. The summed E-state index contributed by atoms with van der Waals surface area (Å²) in [6, 6.07) is 4.53. The molecule has 1 aliphatic carbocycles. The number of aliphatic hydroxyl groups excluding tert-OH is 1. The van der Waals surface area contributed by atoms with Gasteiger partial charge in [-0.1, -0.05) is 22.9 Å². The third-order valence-electron chi connectivity index (χ3n) is 3.98. The summed E-state index contributed by atoms with van der Waals surface area (Å²) in [6.45, 7) is 0.550. The minimum Gasteiger partial charge on any atom is -0.393 e. The average molecular weight is 339 g/mol. The molecule has 23 heavy (non-hydrogen) atoms. The van der Waals surface area contributed by atoms with Crippen LogP contribution in [0.5, 0.6) is 0 Å². The summed E-state index contributed by atoms with van der Waals surface area (Å²) in [7, 11) is 1.67. The van der Waals surface area contributed by atoms with Crippen LogP contribution in [0.25, 0.3) is 5.69 Å². The van der Waals surface area contributed by atoms with Crippen LogP contribution in [0, 0.1) is 11.7 Å². The van der Waals surface area contributed by atoms with Crippen LogP contribution >= 0.6 is 11.6 Å². The van der Waals surface area contributed by atoms with Crippen molar-refractivity contribution in [3.63, 3.8) is 0 Å². The van der Waals surface area contributed by atoms with Crippen LogP contribution in [0.3, 0.4) is 0 Å². The van der Waals surface area contributed by atoms with E-state index in [-0.39, 0.29) is 28.4 Å². The Morgan fingerprint density at radius 3 is 2.96 bits per heavy atom. The molecule has 3 rings (SSSR count). The number of nitrogens with zero attached hydrogens (tertiary/aromatic N) is 4. The molecule has 0 atom stereocenters. The zero-order valence-electron chi connectivity index (χ0n) is 12.5. The van der Waals surface area contributed by atoms with Crippen molar-refractivity contribution < 1.29 is 14.3 Å². The lowest BCUT2D eigenvalue weighted by atomic mass is 9.82. The molecule has 1 N–H and O–H groups in total. The predicted octanol–water partition coefficient (Wildman–Crippen LogP) is 1.90. The molecule has 0 aliphatic heterocycles. The van der Waals surface area contributed by atoms with E-state index in [9.17, 15) is 14.3 Å². The molecule has 0 spiro atoms. The van der Waals surface area contributed by atoms with Crippen molar-refractivity contribution in [3.05, 3.63) is 40.9 Å². The molecule has 1 fully saturated rings. The van der Waals surface area contributed by atoms with Crippen molar-refractivity contribution in [3.8, 4) is 5.69 Å². The minimum absolute atomic E-state index is 0.0217. The highest BCUT2D eigenvalue weighted by molar-refractivity contribution is 6.30. The highest BCUT2D eigenvalue weighted by Gasteiger charge is 2.30. The number of halogens is 2. The second kappa shape index (κ2) is 6.25. The van der Waals surface area contributed by atoms with Gasteiger partial charge in [0, 0.05) is 13.6 Å². The molecule has 1 aliphatic rings. The van der Waals surface area contributed by atoms with E-state index < -0.39 is 5.82 Å². The Hall–Kier alpha value is -1.99. The van der Waals surface area contributed by atoms with Crippen LogP contribution in [-0.2, 0) is 0 Å². The van der Waals surface area contributed by atoms with E-state index in [0.717, 1.165) is 0 Å². The maximum absolute atomic E-state index is 14.0. The van der Waals surface area contributed by atoms with E-state index in [1.807, 2.05) is 0 Å². The zero-order valence-corrected chi connectivity index (χ0v) is 13.2. The quantitative estimate of drug-likeness (QED) is 0.924. The number of aliphatic hydroxyl groups is 1. The summed E-state index contributed by atoms with van der Waals surface area (Å²) >= 11 is 5.74. The molecule has 1 amide bonds. The Labute approximate surface area is 137 Å². The fourth-order valence-corrected chi connectivity index (χ4v) is 2.83. The molecular formula is C15H16ClFN4O2. The van der Waals surface area contributed by atoms with Gasteiger partial charge < -0.3 is 10.0 Å². The lowest BCUT2D eigenvalue weighted by Crippen LogP contribution is -2.39. The molecule has 0 unspecified atom stereocenters. The smallest absolute Gasteiger partial charge is 0.275 e. The van der Waals surface area contributed by atoms with Crippen LogP contribution in [-0.4, -0.2) is 50.6 Å². The molecule has 0 saturated heterocycles. The molecule has 1 saturated carbocycles. The maximum atomic E-state index is 14.0. The highest BCUT2D eigenvalue weighted by atomic mass is 35.5. The molecule has 2 aromatic rings. The van der Waals surface area contributed by atoms with E-state index >= 15 is 0 Å². The van der Waals surface area contributed by atoms with Crippen molar-refractivity contribution >= 4 is 17.5 Å². The van der Waals surface area contributed by atoms with E-state index in [0.29, 0.717) is 25.3 Å². The van der Waals surface area contributed by atoms with Crippen molar-refractivity contribution in [1.29, 1.82) is 0 Å². The van der Waals surface area contributed by atoms with Gasteiger partial charge in [0.2, 0.25) is 0 Å². The fourth-order valence-electron chi connectivity index (χ4n) is 2.66. The zero-order chi connectivity index (χ0) is 16.6. The Kier molecular flexibility index (Phi) is 4.32. The van der Waals surface area contributed by atoms with Gasteiger partial charge in [0.05, 0.1) is 17.3 Å². The number of carbonyl (C=O) groups is 1. The molecular weight excluding hydrogens is 323 g/mol. The van der Waals surface area contributed by atoms with Gasteiger partial charge in [-0.15, -0.1) is 5.10 Å². The lowest BCUT2D eigenvalue weighted by molar-refractivity contribution is 0.0264. The van der Waals surface area contributed by atoms with Crippen LogP contribution in [0.15, 0.2) is 24.4 Å². The monoisotopic (exact) mass is 338 g/mol. The van der Waals surface area contributed by atoms with Crippen molar-refractivity contribution in [1.82, 2.24) is 19.9 Å². The van der Waals surface area contributed by atoms with Gasteiger partial charge in [0.15, 0.2) is 11.5 Å². The number of amides is 1. The van der Waals surface area contributed by atoms with Crippen LogP contribution in [0.2, 0.25) is 5.02 Å². The number of carbonyl (C=O) groups excluding carboxylic acids is 1. The molecule has 1 heterocycles. The van der Waals surface area contributed by atoms with Gasteiger partial charge in [-0.05, 0) is 30.9 Å². The predicted molar refractivity (Wildman–Crippen MR) is 82.0 cm³/mol. The van der Waals surface area contributed by atoms with Crippen LogP contribution in [0.4, 0.5) is 4.39 Å². The van der Waals surface area contributed by atoms with Gasteiger partial charge in [0.1, 0.15) is 5.69 Å². The largest absolute Gasteiger partial charge is 0.393 e. The Morgan fingerprint density at radius 2 is 2.26 bits per heavy atom. The fraction of sp³-hybridized carbons (Fsp3) is 0.400. The second-order valence-electron chi connectivity index (χ2n) is 5.80. The normalized spacial score (nSPS) is 20.2.